The second-order valence-electron chi connectivity index (χ2n) is 10.9. The Labute approximate surface area is 229 Å². The van der Waals surface area contributed by atoms with Gasteiger partial charge in [0.25, 0.3) is 0 Å². The number of nitriles is 1. The summed E-state index contributed by atoms with van der Waals surface area (Å²) in [5.74, 6) is -0.954. The van der Waals surface area contributed by atoms with Crippen LogP contribution in [0, 0.1) is 17.1 Å². The van der Waals surface area contributed by atoms with Gasteiger partial charge >= 0.3 is 0 Å². The molecule has 1 aliphatic heterocycles. The Balaban J connectivity index is 2.86. The van der Waals surface area contributed by atoms with E-state index < -0.39 is 57.5 Å². The summed E-state index contributed by atoms with van der Waals surface area (Å²) in [6.07, 6.45) is 1.10. The standard InChI is InChI=1S/C24H41BrF2N4O2S2Si/c1-8-36(9-2,10-3)18-14-19(25)30-21(20(18)27)24(15-26,31-34(32)22(4,5)6)17-35(33)23(7,16-28)12-11-13-29-35/h14,29,31,33H,8-13,15,17H2,1-7H3/t23-,24?,34+/m0/s1. The molecule has 0 amide bonds. The van der Waals surface area contributed by atoms with Crippen molar-refractivity contribution in [1.82, 2.24) is 14.4 Å². The molecule has 1 unspecified atom stereocenters. The van der Waals surface area contributed by atoms with E-state index in [1.54, 1.807) is 33.8 Å². The molecule has 1 aromatic heterocycles. The fourth-order valence-corrected chi connectivity index (χ4v) is 12.9. The van der Waals surface area contributed by atoms with Gasteiger partial charge in [0.1, 0.15) is 37.8 Å². The Bertz CT molecular complexity index is 970. The van der Waals surface area contributed by atoms with Crippen LogP contribution >= 0.6 is 26.4 Å². The first-order valence-electron chi connectivity index (χ1n) is 12.4. The average Bonchev–Trinajstić information content (AvgIpc) is 2.83. The fourth-order valence-electron chi connectivity index (χ4n) is 4.82. The zero-order valence-corrected chi connectivity index (χ0v) is 26.7. The van der Waals surface area contributed by atoms with Crippen molar-refractivity contribution in [3.8, 4) is 6.07 Å². The minimum Gasteiger partial charge on any atom is -0.598 e. The Kier molecular flexibility index (Phi) is 10.5. The maximum absolute atomic E-state index is 16.6. The van der Waals surface area contributed by atoms with E-state index in [0.717, 1.165) is 18.1 Å². The van der Waals surface area contributed by atoms with Gasteiger partial charge in [-0.15, -0.1) is 4.72 Å². The van der Waals surface area contributed by atoms with Gasteiger partial charge in [-0.2, -0.15) is 5.26 Å². The summed E-state index contributed by atoms with van der Waals surface area (Å²) < 4.78 is 61.5. The molecule has 2 rings (SSSR count). The van der Waals surface area contributed by atoms with Gasteiger partial charge < -0.3 is 9.11 Å². The van der Waals surface area contributed by atoms with Crippen LogP contribution in [0.1, 0.15) is 67.0 Å². The first-order chi connectivity index (χ1) is 16.6. The first kappa shape index (κ1) is 32.0. The average molecular weight is 628 g/mol. The lowest BCUT2D eigenvalue weighted by Gasteiger charge is -2.52. The van der Waals surface area contributed by atoms with Crippen LogP contribution in [0.15, 0.2) is 10.7 Å². The van der Waals surface area contributed by atoms with Crippen LogP contribution in [0.25, 0.3) is 0 Å². The van der Waals surface area contributed by atoms with Gasteiger partial charge in [0.05, 0.1) is 14.1 Å². The molecule has 6 nitrogen and oxygen atoms in total. The largest absolute Gasteiger partial charge is 0.598 e. The van der Waals surface area contributed by atoms with Crippen LogP contribution in [0.3, 0.4) is 0 Å². The Hall–Kier alpha value is -0.263. The van der Waals surface area contributed by atoms with Crippen molar-refractivity contribution in [2.45, 2.75) is 94.5 Å². The second-order valence-corrected chi connectivity index (χ2v) is 21.8. The monoisotopic (exact) mass is 626 g/mol. The van der Waals surface area contributed by atoms with E-state index in [2.05, 4.69) is 57.2 Å². The van der Waals surface area contributed by atoms with E-state index in [9.17, 15) is 14.4 Å². The molecule has 12 heteroatoms. The third kappa shape index (κ3) is 5.98. The molecular formula is C24H41BrF2N4O2S2Si. The first-order valence-corrected chi connectivity index (χ1v) is 18.8. The predicted octanol–water partition coefficient (Wildman–Crippen LogP) is 5.77. The highest BCUT2D eigenvalue weighted by Crippen LogP contribution is 2.59. The Morgan fingerprint density at radius 2 is 1.94 bits per heavy atom. The highest BCUT2D eigenvalue weighted by atomic mass is 79.9. The van der Waals surface area contributed by atoms with E-state index in [0.29, 0.717) is 29.2 Å². The lowest BCUT2D eigenvalue weighted by Crippen LogP contribution is -2.60. The van der Waals surface area contributed by atoms with Crippen LogP contribution in [0.5, 0.6) is 0 Å². The minimum atomic E-state index is -2.99. The Morgan fingerprint density at radius 3 is 2.42 bits per heavy atom. The van der Waals surface area contributed by atoms with Crippen LogP contribution in [-0.4, -0.2) is 50.6 Å². The molecule has 0 radical (unpaired) electrons. The van der Waals surface area contributed by atoms with Crippen molar-refractivity contribution in [2.24, 2.45) is 0 Å². The number of alkyl halides is 1. The van der Waals surface area contributed by atoms with E-state index >= 15 is 8.78 Å². The number of hydrogen-bond acceptors (Lipinski definition) is 6. The molecule has 1 aliphatic rings. The zero-order valence-electron chi connectivity index (χ0n) is 22.4. The molecule has 4 atom stereocenters. The minimum absolute atomic E-state index is 0.201. The van der Waals surface area contributed by atoms with Crippen LogP contribution < -0.4 is 14.6 Å². The summed E-state index contributed by atoms with van der Waals surface area (Å²) in [4.78, 5) is 4.42. The third-order valence-electron chi connectivity index (χ3n) is 7.66. The number of nitrogens with one attached hydrogen (secondary N) is 2. The van der Waals surface area contributed by atoms with Gasteiger partial charge in [0, 0.05) is 23.7 Å². The van der Waals surface area contributed by atoms with Crippen molar-refractivity contribution < 1.29 is 17.9 Å². The molecule has 0 saturated carbocycles. The van der Waals surface area contributed by atoms with Crippen molar-refractivity contribution in [2.75, 3.05) is 19.0 Å². The van der Waals surface area contributed by atoms with E-state index in [1.807, 2.05) is 0 Å². The van der Waals surface area contributed by atoms with Gasteiger partial charge in [-0.05, 0) is 67.7 Å². The number of pyridine rings is 1. The normalized spacial score (nSPS) is 25.8. The molecule has 0 spiro atoms. The van der Waals surface area contributed by atoms with Gasteiger partial charge in [0.15, 0.2) is 0 Å². The topological polar surface area (TPSA) is 104 Å². The molecule has 36 heavy (non-hydrogen) atoms. The molecule has 0 aliphatic carbocycles. The van der Waals surface area contributed by atoms with Crippen molar-refractivity contribution in [3.05, 3.63) is 22.2 Å². The van der Waals surface area contributed by atoms with Gasteiger partial charge in [-0.25, -0.2) is 13.8 Å². The summed E-state index contributed by atoms with van der Waals surface area (Å²) in [6.45, 7) is 12.3. The number of rotatable bonds is 10. The molecule has 0 aromatic carbocycles. The lowest BCUT2D eigenvalue weighted by molar-refractivity contribution is 0.288. The van der Waals surface area contributed by atoms with Crippen molar-refractivity contribution >= 4 is 51.0 Å². The third-order valence-corrected chi connectivity index (χ3v) is 18.7. The maximum atomic E-state index is 16.6. The summed E-state index contributed by atoms with van der Waals surface area (Å²) in [6, 6.07) is 6.34. The number of hydrogen-bond donors (Lipinski definition) is 3. The SMILES string of the molecule is CC[Si](CC)(CC)c1cc(Br)nc(C(CF)(C[S@]2(O)NCCC[C@@]2(C)C#N)N[S@+]([O-])C(C)(C)C)c1F. The molecule has 206 valence electrons. The summed E-state index contributed by atoms with van der Waals surface area (Å²) >= 11 is 1.61. The van der Waals surface area contributed by atoms with E-state index in [1.165, 1.54) is 0 Å². The molecule has 2 heterocycles. The van der Waals surface area contributed by atoms with E-state index in [-0.39, 0.29) is 11.4 Å². The van der Waals surface area contributed by atoms with Crippen LogP contribution in [0.2, 0.25) is 18.1 Å². The van der Waals surface area contributed by atoms with Crippen molar-refractivity contribution in [1.29, 1.82) is 5.26 Å². The highest BCUT2D eigenvalue weighted by molar-refractivity contribution is 9.10. The Morgan fingerprint density at radius 1 is 1.36 bits per heavy atom. The van der Waals surface area contributed by atoms with Gasteiger partial charge in [-0.1, -0.05) is 49.4 Å². The van der Waals surface area contributed by atoms with Crippen LogP contribution in [0.4, 0.5) is 8.78 Å². The summed E-state index contributed by atoms with van der Waals surface area (Å²) in [5, 5.41) is 10.5. The molecule has 1 fully saturated rings. The molecular weight excluding hydrogens is 586 g/mol. The lowest BCUT2D eigenvalue weighted by atomic mass is 9.99. The quantitative estimate of drug-likeness (QED) is 0.173. The molecule has 0 bridgehead atoms. The van der Waals surface area contributed by atoms with Crippen LogP contribution in [-0.2, 0) is 16.9 Å². The zero-order chi connectivity index (χ0) is 27.6. The van der Waals surface area contributed by atoms with E-state index in [4.69, 9.17) is 0 Å². The molecule has 1 aromatic rings. The predicted molar refractivity (Wildman–Crippen MR) is 154 cm³/mol. The van der Waals surface area contributed by atoms with Gasteiger partial charge in [-0.3, -0.25) is 4.72 Å². The molecule has 3 N–H and O–H groups in total. The molecule has 1 saturated heterocycles. The summed E-state index contributed by atoms with van der Waals surface area (Å²) in [7, 11) is -5.26. The highest BCUT2D eigenvalue weighted by Gasteiger charge is 2.55. The maximum Gasteiger partial charge on any atom is 0.147 e. The summed E-state index contributed by atoms with van der Waals surface area (Å²) in [5.41, 5.74) is -2.12. The number of nitrogens with zero attached hydrogens (tertiary/aromatic N) is 2. The fraction of sp³-hybridized carbons (Fsp3) is 0.750. The number of aromatic nitrogens is 1. The van der Waals surface area contributed by atoms with Gasteiger partial charge in [0.2, 0.25) is 0 Å². The van der Waals surface area contributed by atoms with Crippen molar-refractivity contribution in [3.63, 3.8) is 0 Å². The second kappa shape index (κ2) is 11.9. The smallest absolute Gasteiger partial charge is 0.147 e. The number of halogens is 3.